The molecule has 4 rings (SSSR count). The van der Waals surface area contributed by atoms with Gasteiger partial charge in [-0.25, -0.2) is 9.48 Å². The number of carboxylic acid groups (broad SMARTS) is 1. The lowest BCUT2D eigenvalue weighted by Crippen LogP contribution is -2.52. The Morgan fingerprint density at radius 2 is 1.76 bits per heavy atom. The molecule has 1 fully saturated rings. The Balaban J connectivity index is 1.60. The Morgan fingerprint density at radius 3 is 2.45 bits per heavy atom. The number of aliphatic carboxylic acids is 1. The van der Waals surface area contributed by atoms with Crippen LogP contribution in [0.2, 0.25) is 0 Å². The van der Waals surface area contributed by atoms with Gasteiger partial charge in [-0.15, -0.1) is 5.10 Å². The molecular weight excluding hydrogens is 372 g/mol. The number of carbonyl (C=O) groups excluding carboxylic acids is 1. The van der Waals surface area contributed by atoms with Crippen molar-refractivity contribution in [2.24, 2.45) is 0 Å². The molecule has 0 radical (unpaired) electrons. The number of carbonyl (C=O) groups is 2. The van der Waals surface area contributed by atoms with E-state index in [1.165, 1.54) is 4.90 Å². The Morgan fingerprint density at radius 1 is 1.07 bits per heavy atom. The van der Waals surface area contributed by atoms with Crippen molar-refractivity contribution < 1.29 is 19.4 Å². The number of morpholine rings is 1. The van der Waals surface area contributed by atoms with Gasteiger partial charge in [-0.2, -0.15) is 0 Å². The number of hydrogen-bond donors (Lipinski definition) is 1. The van der Waals surface area contributed by atoms with Gasteiger partial charge in [0.1, 0.15) is 0 Å². The predicted molar refractivity (Wildman–Crippen MR) is 105 cm³/mol. The van der Waals surface area contributed by atoms with Crippen LogP contribution in [0.4, 0.5) is 0 Å². The van der Waals surface area contributed by atoms with Crippen LogP contribution in [-0.2, 0) is 9.53 Å². The summed E-state index contributed by atoms with van der Waals surface area (Å²) in [5.74, 6) is -1.55. The van der Waals surface area contributed by atoms with Gasteiger partial charge < -0.3 is 14.7 Å². The third-order valence-corrected chi connectivity index (χ3v) is 4.99. The van der Waals surface area contributed by atoms with Crippen LogP contribution in [0.25, 0.3) is 16.8 Å². The topological polar surface area (TPSA) is 97.6 Å². The van der Waals surface area contributed by atoms with Gasteiger partial charge in [0.2, 0.25) is 0 Å². The summed E-state index contributed by atoms with van der Waals surface area (Å²) in [7, 11) is 0. The van der Waals surface area contributed by atoms with Gasteiger partial charge in [-0.05, 0) is 30.2 Å². The molecule has 0 aliphatic carbocycles. The van der Waals surface area contributed by atoms with E-state index in [4.69, 9.17) is 4.74 Å². The highest BCUT2D eigenvalue weighted by molar-refractivity contribution is 5.96. The zero-order valence-corrected chi connectivity index (χ0v) is 15.9. The van der Waals surface area contributed by atoms with Crippen molar-refractivity contribution in [3.8, 4) is 16.8 Å². The Labute approximate surface area is 167 Å². The van der Waals surface area contributed by atoms with E-state index in [-0.39, 0.29) is 18.8 Å². The number of hydrogen-bond acceptors (Lipinski definition) is 5. The van der Waals surface area contributed by atoms with Gasteiger partial charge >= 0.3 is 5.97 Å². The maximum atomic E-state index is 12.9. The third-order valence-electron chi connectivity index (χ3n) is 4.99. The molecule has 8 heteroatoms. The number of carboxylic acids is 1. The molecule has 1 saturated heterocycles. The van der Waals surface area contributed by atoms with Crippen molar-refractivity contribution in [1.82, 2.24) is 19.9 Å². The number of ether oxygens (including phenoxy) is 1. The SMILES string of the molecule is Cc1c(C(=O)N2CCOC[C@@H]2C(=O)O)nnn1-c1ccc(-c2ccccc2)cc1. The molecule has 0 saturated carbocycles. The summed E-state index contributed by atoms with van der Waals surface area (Å²) in [5.41, 5.74) is 3.65. The average molecular weight is 392 g/mol. The highest BCUT2D eigenvalue weighted by Gasteiger charge is 2.35. The quantitative estimate of drug-likeness (QED) is 0.731. The second kappa shape index (κ2) is 7.84. The lowest BCUT2D eigenvalue weighted by molar-refractivity contribution is -0.147. The fraction of sp³-hybridized carbons (Fsp3) is 0.238. The minimum atomic E-state index is -1.10. The minimum absolute atomic E-state index is 0.0325. The summed E-state index contributed by atoms with van der Waals surface area (Å²) in [6.45, 7) is 2.21. The number of nitrogens with zero attached hydrogens (tertiary/aromatic N) is 4. The summed E-state index contributed by atoms with van der Waals surface area (Å²) in [6, 6.07) is 16.8. The maximum Gasteiger partial charge on any atom is 0.328 e. The molecule has 1 aromatic heterocycles. The van der Waals surface area contributed by atoms with E-state index in [2.05, 4.69) is 10.3 Å². The zero-order chi connectivity index (χ0) is 20.4. The van der Waals surface area contributed by atoms with E-state index in [9.17, 15) is 14.7 Å². The van der Waals surface area contributed by atoms with Crippen molar-refractivity contribution in [3.05, 3.63) is 66.0 Å². The lowest BCUT2D eigenvalue weighted by atomic mass is 10.1. The van der Waals surface area contributed by atoms with Crippen LogP contribution in [0.1, 0.15) is 16.2 Å². The van der Waals surface area contributed by atoms with E-state index >= 15 is 0 Å². The highest BCUT2D eigenvalue weighted by Crippen LogP contribution is 2.22. The molecule has 1 atom stereocenters. The Kier molecular flexibility index (Phi) is 5.09. The van der Waals surface area contributed by atoms with E-state index in [0.29, 0.717) is 12.3 Å². The van der Waals surface area contributed by atoms with Crippen LogP contribution in [0.5, 0.6) is 0 Å². The summed E-state index contributed by atoms with van der Waals surface area (Å²) in [4.78, 5) is 25.6. The molecule has 1 aliphatic rings. The van der Waals surface area contributed by atoms with Crippen molar-refractivity contribution in [2.75, 3.05) is 19.8 Å². The van der Waals surface area contributed by atoms with Gasteiger partial charge in [-0.3, -0.25) is 4.79 Å². The molecule has 8 nitrogen and oxygen atoms in total. The first-order valence-corrected chi connectivity index (χ1v) is 9.26. The van der Waals surface area contributed by atoms with E-state index in [1.54, 1.807) is 11.6 Å². The first kappa shape index (κ1) is 18.8. The Hall–Kier alpha value is -3.52. The molecule has 1 aliphatic heterocycles. The normalized spacial score (nSPS) is 16.6. The van der Waals surface area contributed by atoms with Gasteiger partial charge in [-0.1, -0.05) is 47.7 Å². The van der Waals surface area contributed by atoms with Crippen LogP contribution >= 0.6 is 0 Å². The summed E-state index contributed by atoms with van der Waals surface area (Å²) < 4.78 is 6.78. The van der Waals surface area contributed by atoms with Crippen LogP contribution in [-0.4, -0.2) is 62.7 Å². The number of benzene rings is 2. The summed E-state index contributed by atoms with van der Waals surface area (Å²) in [6.07, 6.45) is 0. The van der Waals surface area contributed by atoms with E-state index in [1.807, 2.05) is 54.6 Å². The summed E-state index contributed by atoms with van der Waals surface area (Å²) >= 11 is 0. The molecule has 1 N–H and O–H groups in total. The first-order chi connectivity index (χ1) is 14.1. The van der Waals surface area contributed by atoms with Gasteiger partial charge in [0, 0.05) is 6.54 Å². The number of rotatable bonds is 4. The molecule has 0 spiro atoms. The maximum absolute atomic E-state index is 12.9. The first-order valence-electron chi connectivity index (χ1n) is 9.26. The van der Waals surface area contributed by atoms with Gasteiger partial charge in [0.25, 0.3) is 5.91 Å². The van der Waals surface area contributed by atoms with E-state index < -0.39 is 17.9 Å². The second-order valence-corrected chi connectivity index (χ2v) is 6.78. The predicted octanol–water partition coefficient (Wildman–Crippen LogP) is 2.17. The molecule has 0 bridgehead atoms. The molecule has 29 heavy (non-hydrogen) atoms. The molecular formula is C21H20N4O4. The van der Waals surface area contributed by atoms with Crippen LogP contribution in [0.3, 0.4) is 0 Å². The standard InChI is InChI=1S/C21H20N4O4/c1-14-19(20(26)24-11-12-29-13-18(24)21(27)28)22-23-25(14)17-9-7-16(8-10-17)15-5-3-2-4-6-15/h2-10,18H,11-13H2,1H3,(H,27,28)/t18-/m1/s1. The van der Waals surface area contributed by atoms with Crippen molar-refractivity contribution in [1.29, 1.82) is 0 Å². The summed E-state index contributed by atoms with van der Waals surface area (Å²) in [5, 5.41) is 17.5. The molecule has 3 aromatic rings. The van der Waals surface area contributed by atoms with Gasteiger partial charge in [0.15, 0.2) is 11.7 Å². The molecule has 148 valence electrons. The second-order valence-electron chi connectivity index (χ2n) is 6.78. The number of amides is 1. The van der Waals surface area contributed by atoms with Crippen LogP contribution < -0.4 is 0 Å². The largest absolute Gasteiger partial charge is 0.480 e. The van der Waals surface area contributed by atoms with Crippen LogP contribution in [0, 0.1) is 6.92 Å². The lowest BCUT2D eigenvalue weighted by Gasteiger charge is -2.32. The molecule has 2 heterocycles. The van der Waals surface area contributed by atoms with Crippen LogP contribution in [0.15, 0.2) is 54.6 Å². The zero-order valence-electron chi connectivity index (χ0n) is 15.9. The van der Waals surface area contributed by atoms with Crippen molar-refractivity contribution >= 4 is 11.9 Å². The van der Waals surface area contributed by atoms with Crippen molar-refractivity contribution in [3.63, 3.8) is 0 Å². The average Bonchev–Trinajstić information content (AvgIpc) is 3.15. The highest BCUT2D eigenvalue weighted by atomic mass is 16.5. The van der Waals surface area contributed by atoms with E-state index in [0.717, 1.165) is 16.8 Å². The fourth-order valence-corrected chi connectivity index (χ4v) is 3.39. The van der Waals surface area contributed by atoms with Crippen molar-refractivity contribution in [2.45, 2.75) is 13.0 Å². The third kappa shape index (κ3) is 3.62. The smallest absolute Gasteiger partial charge is 0.328 e. The number of aromatic nitrogens is 3. The monoisotopic (exact) mass is 392 g/mol. The Bertz CT molecular complexity index is 1030. The fourth-order valence-electron chi connectivity index (χ4n) is 3.39. The molecule has 0 unspecified atom stereocenters. The minimum Gasteiger partial charge on any atom is -0.480 e. The molecule has 2 aromatic carbocycles. The molecule has 1 amide bonds. The van der Waals surface area contributed by atoms with Gasteiger partial charge in [0.05, 0.1) is 24.6 Å².